The Hall–Kier alpha value is -2.29. The fourth-order valence-corrected chi connectivity index (χ4v) is 2.98. The summed E-state index contributed by atoms with van der Waals surface area (Å²) in [4.78, 5) is 4.73. The second-order valence-corrected chi connectivity index (χ2v) is 5.90. The third-order valence-electron chi connectivity index (χ3n) is 4.25. The van der Waals surface area contributed by atoms with E-state index in [9.17, 15) is 0 Å². The Labute approximate surface area is 138 Å². The highest BCUT2D eigenvalue weighted by Crippen LogP contribution is 2.26. The number of hydrogen-bond acceptors (Lipinski definition) is 3. The molecule has 0 spiro atoms. The van der Waals surface area contributed by atoms with Gasteiger partial charge < -0.3 is 10.1 Å². The van der Waals surface area contributed by atoms with Crippen molar-refractivity contribution in [3.05, 3.63) is 65.7 Å². The van der Waals surface area contributed by atoms with Crippen molar-refractivity contribution in [1.29, 1.82) is 0 Å². The Morgan fingerprint density at radius 1 is 0.957 bits per heavy atom. The molecule has 0 aliphatic carbocycles. The molecule has 0 bridgehead atoms. The van der Waals surface area contributed by atoms with Gasteiger partial charge in [0.15, 0.2) is 0 Å². The van der Waals surface area contributed by atoms with Gasteiger partial charge in [0.2, 0.25) is 0 Å². The predicted molar refractivity (Wildman–Crippen MR) is 95.2 cm³/mol. The number of nitrogens with zero attached hydrogens (tertiary/aromatic N) is 1. The van der Waals surface area contributed by atoms with E-state index in [0.717, 1.165) is 24.6 Å². The minimum absolute atomic E-state index is 0.100. The zero-order valence-electron chi connectivity index (χ0n) is 13.7. The molecule has 3 nitrogen and oxygen atoms in total. The Morgan fingerprint density at radius 3 is 2.61 bits per heavy atom. The molecule has 0 radical (unpaired) electrons. The molecule has 0 saturated heterocycles. The molecule has 1 aliphatic rings. The fraction of sp³-hybridized carbons (Fsp3) is 0.350. The van der Waals surface area contributed by atoms with Crippen LogP contribution in [0, 0.1) is 0 Å². The van der Waals surface area contributed by atoms with Crippen LogP contribution in [0.25, 0.3) is 0 Å². The van der Waals surface area contributed by atoms with Crippen molar-refractivity contribution in [2.24, 2.45) is 4.99 Å². The summed E-state index contributed by atoms with van der Waals surface area (Å²) in [5, 5.41) is 3.67. The van der Waals surface area contributed by atoms with Gasteiger partial charge in [-0.2, -0.15) is 0 Å². The molecule has 1 heterocycles. The van der Waals surface area contributed by atoms with Crippen LogP contribution in [0.15, 0.2) is 59.6 Å². The van der Waals surface area contributed by atoms with Crippen molar-refractivity contribution in [3.63, 3.8) is 0 Å². The summed E-state index contributed by atoms with van der Waals surface area (Å²) in [5.74, 6) is 2.01. The second-order valence-electron chi connectivity index (χ2n) is 5.90. The van der Waals surface area contributed by atoms with Crippen LogP contribution in [0.5, 0.6) is 5.75 Å². The van der Waals surface area contributed by atoms with Gasteiger partial charge in [0.1, 0.15) is 5.75 Å². The van der Waals surface area contributed by atoms with Crippen LogP contribution in [0.3, 0.4) is 0 Å². The van der Waals surface area contributed by atoms with E-state index in [1.807, 2.05) is 12.1 Å². The van der Waals surface area contributed by atoms with E-state index in [1.165, 1.54) is 30.4 Å². The molecule has 1 atom stereocenters. The number of aliphatic imine (C=N–C) groups is 1. The molecule has 120 valence electrons. The van der Waals surface area contributed by atoms with Gasteiger partial charge in [-0.1, -0.05) is 48.9 Å². The van der Waals surface area contributed by atoms with Crippen LogP contribution in [0.2, 0.25) is 0 Å². The van der Waals surface area contributed by atoms with Crippen LogP contribution >= 0.6 is 0 Å². The molecule has 0 saturated carbocycles. The number of benzene rings is 2. The third kappa shape index (κ3) is 4.13. The lowest BCUT2D eigenvalue weighted by atomic mass is 9.98. The van der Waals surface area contributed by atoms with Gasteiger partial charge in [-0.25, -0.2) is 0 Å². The first-order valence-electron chi connectivity index (χ1n) is 8.35. The number of rotatable bonds is 4. The lowest BCUT2D eigenvalue weighted by Crippen LogP contribution is -2.29. The maximum absolute atomic E-state index is 5.39. The van der Waals surface area contributed by atoms with Crippen LogP contribution in [0.4, 0.5) is 0 Å². The quantitative estimate of drug-likeness (QED) is 0.911. The van der Waals surface area contributed by atoms with Crippen LogP contribution in [-0.2, 0) is 0 Å². The standard InChI is InChI=1S/C20H24N2O/c1-23-18-12-8-11-17(15-18)20(16-9-4-2-5-10-16)22-19-13-6-3-7-14-21-19/h2,4-5,8-12,15,20H,3,6-7,13-14H2,1H3,(H,21,22). The predicted octanol–water partition coefficient (Wildman–Crippen LogP) is 4.35. The Balaban J connectivity index is 1.91. The molecular weight excluding hydrogens is 284 g/mol. The molecule has 1 unspecified atom stereocenters. The molecule has 0 amide bonds. The lowest BCUT2D eigenvalue weighted by Gasteiger charge is -2.22. The maximum Gasteiger partial charge on any atom is 0.119 e. The van der Waals surface area contributed by atoms with E-state index in [-0.39, 0.29) is 6.04 Å². The van der Waals surface area contributed by atoms with Gasteiger partial charge in [0.25, 0.3) is 0 Å². The van der Waals surface area contributed by atoms with Crippen molar-refractivity contribution in [2.45, 2.75) is 31.7 Å². The smallest absolute Gasteiger partial charge is 0.119 e. The van der Waals surface area contributed by atoms with Crippen LogP contribution < -0.4 is 10.1 Å². The highest BCUT2D eigenvalue weighted by molar-refractivity contribution is 5.83. The highest BCUT2D eigenvalue weighted by Gasteiger charge is 2.17. The summed E-state index contributed by atoms with van der Waals surface area (Å²) in [7, 11) is 1.71. The Bertz CT molecular complexity index is 652. The van der Waals surface area contributed by atoms with E-state index < -0.39 is 0 Å². The first-order valence-corrected chi connectivity index (χ1v) is 8.35. The zero-order chi connectivity index (χ0) is 15.9. The fourth-order valence-electron chi connectivity index (χ4n) is 2.98. The Morgan fingerprint density at radius 2 is 1.78 bits per heavy atom. The van der Waals surface area contributed by atoms with E-state index in [0.29, 0.717) is 0 Å². The summed E-state index contributed by atoms with van der Waals surface area (Å²) in [5.41, 5.74) is 2.44. The molecular formula is C20H24N2O. The van der Waals surface area contributed by atoms with Crippen molar-refractivity contribution in [3.8, 4) is 5.75 Å². The maximum atomic E-state index is 5.39. The van der Waals surface area contributed by atoms with Gasteiger partial charge in [-0.3, -0.25) is 4.99 Å². The summed E-state index contributed by atoms with van der Waals surface area (Å²) in [6.45, 7) is 0.932. The summed E-state index contributed by atoms with van der Waals surface area (Å²) in [6.07, 6.45) is 4.71. The van der Waals surface area contributed by atoms with Crippen molar-refractivity contribution < 1.29 is 4.74 Å². The first kappa shape index (κ1) is 15.6. The van der Waals surface area contributed by atoms with Crippen LogP contribution in [-0.4, -0.2) is 19.5 Å². The van der Waals surface area contributed by atoms with Crippen molar-refractivity contribution >= 4 is 5.84 Å². The van der Waals surface area contributed by atoms with E-state index >= 15 is 0 Å². The summed E-state index contributed by atoms with van der Waals surface area (Å²) in [6, 6.07) is 18.9. The van der Waals surface area contributed by atoms with E-state index in [4.69, 9.17) is 9.73 Å². The average molecular weight is 308 g/mol. The van der Waals surface area contributed by atoms with Crippen molar-refractivity contribution in [2.75, 3.05) is 13.7 Å². The number of hydrogen-bond donors (Lipinski definition) is 1. The molecule has 0 aromatic heterocycles. The van der Waals surface area contributed by atoms with Gasteiger partial charge in [-0.15, -0.1) is 0 Å². The summed E-state index contributed by atoms with van der Waals surface area (Å²) < 4.78 is 5.39. The molecule has 1 aliphatic heterocycles. The lowest BCUT2D eigenvalue weighted by molar-refractivity contribution is 0.414. The molecule has 23 heavy (non-hydrogen) atoms. The molecule has 2 aromatic carbocycles. The number of nitrogens with one attached hydrogen (secondary N) is 1. The average Bonchev–Trinajstić information content (AvgIpc) is 2.89. The number of methoxy groups -OCH3 is 1. The van der Waals surface area contributed by atoms with E-state index in [2.05, 4.69) is 47.8 Å². The van der Waals surface area contributed by atoms with E-state index in [1.54, 1.807) is 7.11 Å². The minimum Gasteiger partial charge on any atom is -0.497 e. The van der Waals surface area contributed by atoms with Gasteiger partial charge in [-0.05, 0) is 36.1 Å². The summed E-state index contributed by atoms with van der Waals surface area (Å²) >= 11 is 0. The molecule has 2 aromatic rings. The third-order valence-corrected chi connectivity index (χ3v) is 4.25. The zero-order valence-corrected chi connectivity index (χ0v) is 13.7. The number of ether oxygens (including phenoxy) is 1. The molecule has 1 N–H and O–H groups in total. The van der Waals surface area contributed by atoms with Gasteiger partial charge >= 0.3 is 0 Å². The molecule has 3 rings (SSSR count). The second kappa shape index (κ2) is 7.82. The number of amidine groups is 1. The van der Waals surface area contributed by atoms with Crippen LogP contribution in [0.1, 0.15) is 42.9 Å². The topological polar surface area (TPSA) is 33.6 Å². The van der Waals surface area contributed by atoms with Gasteiger partial charge in [0, 0.05) is 13.0 Å². The largest absolute Gasteiger partial charge is 0.497 e. The highest BCUT2D eigenvalue weighted by atomic mass is 16.5. The first-order chi connectivity index (χ1) is 11.4. The SMILES string of the molecule is COc1cccc(C(NC2=NCCCCC2)c2ccccc2)c1. The van der Waals surface area contributed by atoms with Crippen molar-refractivity contribution in [1.82, 2.24) is 5.32 Å². The monoisotopic (exact) mass is 308 g/mol. The minimum atomic E-state index is 0.100. The Kier molecular flexibility index (Phi) is 5.30. The molecule has 3 heteroatoms. The molecule has 0 fully saturated rings. The van der Waals surface area contributed by atoms with Gasteiger partial charge in [0.05, 0.1) is 19.0 Å². The normalized spacial score (nSPS) is 16.1.